The fourth-order valence-electron chi connectivity index (χ4n) is 2.48. The molecule has 0 bridgehead atoms. The molecule has 0 aliphatic carbocycles. The van der Waals surface area contributed by atoms with Gasteiger partial charge in [-0.3, -0.25) is 0 Å². The lowest BCUT2D eigenvalue weighted by molar-refractivity contribution is -0.137. The first-order chi connectivity index (χ1) is 9.55. The molecule has 0 heterocycles. The predicted octanol–water partition coefficient (Wildman–Crippen LogP) is 7.10. The van der Waals surface area contributed by atoms with Gasteiger partial charge in [0, 0.05) is 0 Å². The summed E-state index contributed by atoms with van der Waals surface area (Å²) in [4.78, 5) is 0. The van der Waals surface area contributed by atoms with Crippen LogP contribution >= 0.6 is 0 Å². The third-order valence-electron chi connectivity index (χ3n) is 3.39. The second-order valence-corrected chi connectivity index (χ2v) is 6.03. The molecule has 0 radical (unpaired) electrons. The van der Waals surface area contributed by atoms with E-state index in [0.29, 0.717) is 0 Å². The second kappa shape index (κ2) is 7.86. The average Bonchev–Trinajstić information content (AvgIpc) is 2.38. The summed E-state index contributed by atoms with van der Waals surface area (Å²) in [7, 11) is 0. The van der Waals surface area contributed by atoms with Crippen molar-refractivity contribution < 1.29 is 13.2 Å². The zero-order chi connectivity index (χ0) is 17.0. The monoisotopic (exact) mass is 302 g/mol. The number of halogens is 3. The predicted molar refractivity (Wildman–Crippen MR) is 85.1 cm³/mol. The summed E-state index contributed by atoms with van der Waals surface area (Å²) < 4.78 is 39.0. The quantitative estimate of drug-likeness (QED) is 0.558. The molecular formula is C18H29F3. The minimum atomic E-state index is -4.28. The van der Waals surface area contributed by atoms with E-state index in [0.717, 1.165) is 16.7 Å². The summed E-state index contributed by atoms with van der Waals surface area (Å²) in [6, 6.07) is 2.65. The first kappa shape index (κ1) is 20.0. The van der Waals surface area contributed by atoms with E-state index in [2.05, 4.69) is 0 Å². The van der Waals surface area contributed by atoms with Gasteiger partial charge in [0.1, 0.15) is 0 Å². The van der Waals surface area contributed by atoms with Crippen molar-refractivity contribution in [2.24, 2.45) is 0 Å². The summed E-state index contributed by atoms with van der Waals surface area (Å²) in [6.45, 7) is 15.9. The van der Waals surface area contributed by atoms with Gasteiger partial charge in [0.05, 0.1) is 5.56 Å². The van der Waals surface area contributed by atoms with Crippen LogP contribution < -0.4 is 0 Å². The molecule has 1 aromatic carbocycles. The maximum Gasteiger partial charge on any atom is 0.416 e. The Labute approximate surface area is 127 Å². The third kappa shape index (κ3) is 5.05. The van der Waals surface area contributed by atoms with Crippen molar-refractivity contribution in [3.8, 4) is 0 Å². The SMILES string of the molecule is CC.CC(C)c1cc(C(F)(F)F)cc(C(C)C)c1C(C)C. The van der Waals surface area contributed by atoms with Crippen LogP contribution in [0.5, 0.6) is 0 Å². The molecule has 0 aliphatic rings. The Bertz CT molecular complexity index is 411. The highest BCUT2D eigenvalue weighted by Crippen LogP contribution is 2.39. The summed E-state index contributed by atoms with van der Waals surface area (Å²) in [5.74, 6) is 0.423. The Morgan fingerprint density at radius 3 is 1.24 bits per heavy atom. The standard InChI is InChI=1S/C16H23F3.C2H6/c1-9(2)13-7-12(16(17,18)19)8-14(10(3)4)15(13)11(5)6;1-2/h7-11H,1-6H3;1-2H3. The third-order valence-corrected chi connectivity index (χ3v) is 3.39. The van der Waals surface area contributed by atoms with Crippen LogP contribution in [-0.2, 0) is 6.18 Å². The highest BCUT2D eigenvalue weighted by Gasteiger charge is 2.33. The number of hydrogen-bond donors (Lipinski definition) is 0. The highest BCUT2D eigenvalue weighted by atomic mass is 19.4. The van der Waals surface area contributed by atoms with Gasteiger partial charge in [-0.05, 0) is 46.6 Å². The topological polar surface area (TPSA) is 0 Å². The Kier molecular flexibility index (Phi) is 7.49. The number of rotatable bonds is 3. The molecule has 0 aliphatic heterocycles. The molecule has 0 saturated carbocycles. The van der Waals surface area contributed by atoms with Gasteiger partial charge in [0.15, 0.2) is 0 Å². The molecule has 1 rings (SSSR count). The van der Waals surface area contributed by atoms with Gasteiger partial charge in [-0.15, -0.1) is 0 Å². The number of hydrogen-bond acceptors (Lipinski definition) is 0. The van der Waals surface area contributed by atoms with E-state index >= 15 is 0 Å². The second-order valence-electron chi connectivity index (χ2n) is 6.03. The molecule has 0 fully saturated rings. The lowest BCUT2D eigenvalue weighted by Gasteiger charge is -2.24. The van der Waals surface area contributed by atoms with Gasteiger partial charge in [-0.2, -0.15) is 13.2 Å². The smallest absolute Gasteiger partial charge is 0.166 e. The van der Waals surface area contributed by atoms with Crippen LogP contribution in [0.1, 0.15) is 95.4 Å². The van der Waals surface area contributed by atoms with Crippen molar-refractivity contribution in [1.29, 1.82) is 0 Å². The Morgan fingerprint density at radius 1 is 0.714 bits per heavy atom. The molecule has 0 unspecified atom stereocenters. The van der Waals surface area contributed by atoms with Crippen LogP contribution in [0, 0.1) is 0 Å². The highest BCUT2D eigenvalue weighted by molar-refractivity contribution is 5.45. The molecule has 0 atom stereocenters. The van der Waals surface area contributed by atoms with Gasteiger partial charge in [0.2, 0.25) is 0 Å². The van der Waals surface area contributed by atoms with Crippen molar-refractivity contribution in [3.63, 3.8) is 0 Å². The Balaban J connectivity index is 0.00000191. The number of benzene rings is 1. The zero-order valence-electron chi connectivity index (χ0n) is 14.5. The van der Waals surface area contributed by atoms with Gasteiger partial charge < -0.3 is 0 Å². The molecule has 1 aromatic rings. The van der Waals surface area contributed by atoms with Gasteiger partial charge in [-0.25, -0.2) is 0 Å². The first-order valence-electron chi connectivity index (χ1n) is 7.80. The van der Waals surface area contributed by atoms with Crippen molar-refractivity contribution >= 4 is 0 Å². The van der Waals surface area contributed by atoms with E-state index in [1.165, 1.54) is 12.1 Å². The van der Waals surface area contributed by atoms with Crippen molar-refractivity contribution in [2.75, 3.05) is 0 Å². The van der Waals surface area contributed by atoms with Crippen molar-refractivity contribution in [2.45, 2.75) is 79.3 Å². The van der Waals surface area contributed by atoms with E-state index in [4.69, 9.17) is 0 Å². The normalized spacial score (nSPS) is 11.9. The summed E-state index contributed by atoms with van der Waals surface area (Å²) in [5, 5.41) is 0. The van der Waals surface area contributed by atoms with E-state index in [9.17, 15) is 13.2 Å². The van der Waals surface area contributed by atoms with Crippen LogP contribution in [-0.4, -0.2) is 0 Å². The van der Waals surface area contributed by atoms with Crippen LogP contribution in [0.15, 0.2) is 12.1 Å². The molecule has 0 saturated heterocycles. The fourth-order valence-corrected chi connectivity index (χ4v) is 2.48. The number of alkyl halides is 3. The molecule has 21 heavy (non-hydrogen) atoms. The maximum absolute atomic E-state index is 13.0. The minimum absolute atomic E-state index is 0.0946. The Hall–Kier alpha value is -0.990. The molecule has 3 heteroatoms. The van der Waals surface area contributed by atoms with Crippen LogP contribution in [0.2, 0.25) is 0 Å². The largest absolute Gasteiger partial charge is 0.416 e. The first-order valence-corrected chi connectivity index (χ1v) is 7.80. The lowest BCUT2D eigenvalue weighted by Crippen LogP contribution is -2.12. The molecule has 0 nitrogen and oxygen atoms in total. The molecule has 0 N–H and O–H groups in total. The fraction of sp³-hybridized carbons (Fsp3) is 0.667. The van der Waals surface area contributed by atoms with Crippen LogP contribution in [0.3, 0.4) is 0 Å². The minimum Gasteiger partial charge on any atom is -0.166 e. The molecule has 0 amide bonds. The van der Waals surface area contributed by atoms with Crippen molar-refractivity contribution in [1.82, 2.24) is 0 Å². The van der Waals surface area contributed by atoms with Crippen LogP contribution in [0.4, 0.5) is 13.2 Å². The molecule has 122 valence electrons. The molecular weight excluding hydrogens is 273 g/mol. The van der Waals surface area contributed by atoms with E-state index in [-0.39, 0.29) is 17.8 Å². The molecule has 0 aromatic heterocycles. The maximum atomic E-state index is 13.0. The summed E-state index contributed by atoms with van der Waals surface area (Å²) in [5.41, 5.74) is 2.21. The molecule has 0 spiro atoms. The van der Waals surface area contributed by atoms with Gasteiger partial charge in [0.25, 0.3) is 0 Å². The summed E-state index contributed by atoms with van der Waals surface area (Å²) in [6.07, 6.45) is -4.28. The zero-order valence-corrected chi connectivity index (χ0v) is 14.5. The summed E-state index contributed by atoms with van der Waals surface area (Å²) >= 11 is 0. The van der Waals surface area contributed by atoms with E-state index in [1.807, 2.05) is 55.4 Å². The van der Waals surface area contributed by atoms with E-state index < -0.39 is 11.7 Å². The van der Waals surface area contributed by atoms with Crippen LogP contribution in [0.25, 0.3) is 0 Å². The van der Waals surface area contributed by atoms with Crippen molar-refractivity contribution in [3.05, 3.63) is 34.4 Å². The Morgan fingerprint density at radius 2 is 1.05 bits per heavy atom. The van der Waals surface area contributed by atoms with Gasteiger partial charge >= 0.3 is 6.18 Å². The average molecular weight is 302 g/mol. The lowest BCUT2D eigenvalue weighted by atomic mass is 9.82. The van der Waals surface area contributed by atoms with Gasteiger partial charge in [-0.1, -0.05) is 55.4 Å². The van der Waals surface area contributed by atoms with E-state index in [1.54, 1.807) is 0 Å².